The molecule has 0 saturated carbocycles. The van der Waals surface area contributed by atoms with E-state index in [0.29, 0.717) is 44.5 Å². The maximum Gasteiger partial charge on any atom is 0.458 e. The Hall–Kier alpha value is -6.46. The monoisotopic (exact) mass is 878 g/mol. The SMILES string of the molecule is NC(N)=NCCC[C@H](NC(=O)Cn1c(Cc2ccccc2)cnc(NCCc2ccccc2)c1=O)C(=O)c1nccs1.O=C(C(=O)C(F)(F)F)C(F)(F)F.O=CC(F)(F)F. The van der Waals surface area contributed by atoms with Crippen LogP contribution >= 0.6 is 11.3 Å². The molecule has 14 nitrogen and oxygen atoms in total. The molecular weight excluding hydrogens is 843 g/mol. The van der Waals surface area contributed by atoms with Crippen LogP contribution in [0.1, 0.15) is 39.5 Å². The summed E-state index contributed by atoms with van der Waals surface area (Å²) in [6, 6.07) is 18.7. The molecule has 324 valence electrons. The van der Waals surface area contributed by atoms with E-state index in [1.165, 1.54) is 22.1 Å². The number of rotatable bonds is 16. The van der Waals surface area contributed by atoms with Gasteiger partial charge in [0.05, 0.1) is 6.04 Å². The maximum absolute atomic E-state index is 13.6. The van der Waals surface area contributed by atoms with E-state index in [1.807, 2.05) is 60.7 Å². The molecule has 2 aromatic heterocycles. The van der Waals surface area contributed by atoms with Crippen molar-refractivity contribution in [3.63, 3.8) is 0 Å². The first-order valence-corrected chi connectivity index (χ1v) is 17.9. The molecule has 0 spiro atoms. The molecule has 0 fully saturated rings. The molecule has 0 saturated heterocycles. The van der Waals surface area contributed by atoms with E-state index >= 15 is 0 Å². The molecule has 1 atom stereocenters. The molecule has 6 N–H and O–H groups in total. The minimum Gasteiger partial charge on any atom is -0.370 e. The summed E-state index contributed by atoms with van der Waals surface area (Å²) in [4.78, 5) is 80.5. The number of halogens is 9. The first-order valence-electron chi connectivity index (χ1n) is 17.0. The van der Waals surface area contributed by atoms with Crippen molar-refractivity contribution >= 4 is 52.7 Å². The van der Waals surface area contributed by atoms with Gasteiger partial charge in [-0.25, -0.2) is 9.97 Å². The molecule has 2 heterocycles. The predicted octanol–water partition coefficient (Wildman–Crippen LogP) is 4.36. The molecule has 1 amide bonds. The second-order valence-electron chi connectivity index (χ2n) is 11.9. The van der Waals surface area contributed by atoms with Gasteiger partial charge in [0.2, 0.25) is 18.0 Å². The highest BCUT2D eigenvalue weighted by Gasteiger charge is 2.54. The summed E-state index contributed by atoms with van der Waals surface area (Å²) in [6.45, 7) is 0.520. The predicted molar refractivity (Wildman–Crippen MR) is 199 cm³/mol. The van der Waals surface area contributed by atoms with Crippen LogP contribution in [0.25, 0.3) is 0 Å². The highest BCUT2D eigenvalue weighted by molar-refractivity contribution is 7.11. The summed E-state index contributed by atoms with van der Waals surface area (Å²) in [6.07, 6.45) is -12.2. The minimum atomic E-state index is -5.77. The lowest BCUT2D eigenvalue weighted by Gasteiger charge is -2.19. The summed E-state index contributed by atoms with van der Waals surface area (Å²) in [5, 5.41) is 7.92. The smallest absolute Gasteiger partial charge is 0.370 e. The van der Waals surface area contributed by atoms with Crippen molar-refractivity contribution in [3.05, 3.63) is 111 Å². The van der Waals surface area contributed by atoms with Crippen LogP contribution in [0, 0.1) is 0 Å². The number of hydrogen-bond acceptors (Lipinski definition) is 11. The van der Waals surface area contributed by atoms with Crippen LogP contribution in [0.15, 0.2) is 88.2 Å². The quantitative estimate of drug-likeness (QED) is 0.0236. The van der Waals surface area contributed by atoms with Crippen molar-refractivity contribution in [3.8, 4) is 0 Å². The third-order valence-corrected chi connectivity index (χ3v) is 8.10. The molecule has 2 aromatic carbocycles. The van der Waals surface area contributed by atoms with Gasteiger partial charge in [-0.2, -0.15) is 39.5 Å². The Balaban J connectivity index is 0.000000574. The Kier molecular flexibility index (Phi) is 19.2. The van der Waals surface area contributed by atoms with Crippen molar-refractivity contribution in [1.82, 2.24) is 19.9 Å². The lowest BCUT2D eigenvalue weighted by Crippen LogP contribution is -2.44. The summed E-state index contributed by atoms with van der Waals surface area (Å²) in [7, 11) is 0. The third-order valence-electron chi connectivity index (χ3n) is 7.31. The number of nitrogens with one attached hydrogen (secondary N) is 2. The highest BCUT2D eigenvalue weighted by Crippen LogP contribution is 2.24. The van der Waals surface area contributed by atoms with Crippen molar-refractivity contribution in [1.29, 1.82) is 0 Å². The van der Waals surface area contributed by atoms with Crippen molar-refractivity contribution < 1.29 is 63.5 Å². The van der Waals surface area contributed by atoms with E-state index in [4.69, 9.17) is 16.3 Å². The number of carbonyl (C=O) groups is 5. The van der Waals surface area contributed by atoms with Crippen LogP contribution in [0.5, 0.6) is 0 Å². The fraction of sp³-hybridized carbons (Fsp3) is 0.306. The molecule has 60 heavy (non-hydrogen) atoms. The molecule has 0 aliphatic carbocycles. The molecular formula is C36H35F9N8O6S. The van der Waals surface area contributed by atoms with Gasteiger partial charge in [-0.1, -0.05) is 60.7 Å². The number of guanidine groups is 1. The molecule has 0 bridgehead atoms. The Bertz CT molecular complexity index is 2080. The zero-order chi connectivity index (χ0) is 45.1. The number of benzene rings is 2. The Morgan fingerprint density at radius 1 is 0.850 bits per heavy atom. The average Bonchev–Trinajstić information content (AvgIpc) is 3.73. The van der Waals surface area contributed by atoms with Gasteiger partial charge in [0.1, 0.15) is 6.54 Å². The number of thiazole rings is 1. The second kappa shape index (κ2) is 23.2. The Morgan fingerprint density at radius 2 is 1.40 bits per heavy atom. The van der Waals surface area contributed by atoms with Gasteiger partial charge in [-0.05, 0) is 30.4 Å². The number of carbonyl (C=O) groups excluding carboxylic acids is 5. The van der Waals surface area contributed by atoms with Crippen LogP contribution in [0.4, 0.5) is 45.3 Å². The van der Waals surface area contributed by atoms with Crippen LogP contribution in [0.2, 0.25) is 0 Å². The molecule has 24 heteroatoms. The number of hydrogen-bond donors (Lipinski definition) is 4. The third kappa shape index (κ3) is 18.0. The zero-order valence-electron chi connectivity index (χ0n) is 30.8. The summed E-state index contributed by atoms with van der Waals surface area (Å²) >= 11 is 1.20. The van der Waals surface area contributed by atoms with E-state index < -0.39 is 53.9 Å². The van der Waals surface area contributed by atoms with Gasteiger partial charge in [0.25, 0.3) is 5.56 Å². The van der Waals surface area contributed by atoms with E-state index in [9.17, 15) is 63.5 Å². The summed E-state index contributed by atoms with van der Waals surface area (Å²) < 4.78 is 99.6. The normalized spacial score (nSPS) is 11.7. The molecule has 4 rings (SSSR count). The summed E-state index contributed by atoms with van der Waals surface area (Å²) in [5.41, 5.74) is 13.1. The van der Waals surface area contributed by atoms with Crippen LogP contribution in [0.3, 0.4) is 0 Å². The number of aromatic nitrogens is 3. The van der Waals surface area contributed by atoms with Crippen LogP contribution < -0.4 is 27.7 Å². The number of alkyl halides is 9. The van der Waals surface area contributed by atoms with E-state index in [0.717, 1.165) is 11.1 Å². The van der Waals surface area contributed by atoms with Gasteiger partial charge in [-0.3, -0.25) is 38.3 Å². The molecule has 0 aliphatic rings. The summed E-state index contributed by atoms with van der Waals surface area (Å²) in [5.74, 6) is -7.49. The fourth-order valence-electron chi connectivity index (χ4n) is 4.64. The number of aliphatic imine (C=N–C) groups is 1. The van der Waals surface area contributed by atoms with Gasteiger partial charge >= 0.3 is 30.1 Å². The van der Waals surface area contributed by atoms with Crippen molar-refractivity contribution in [2.75, 3.05) is 18.4 Å². The average molecular weight is 879 g/mol. The largest absolute Gasteiger partial charge is 0.458 e. The molecule has 0 aliphatic heterocycles. The number of aldehydes is 1. The number of Topliss-reactive ketones (excluding diaryl/α,β-unsaturated/α-hetero) is 3. The second-order valence-corrected chi connectivity index (χ2v) is 12.8. The van der Waals surface area contributed by atoms with Gasteiger partial charge in [0, 0.05) is 43.0 Å². The van der Waals surface area contributed by atoms with E-state index in [2.05, 4.69) is 25.6 Å². The fourth-order valence-corrected chi connectivity index (χ4v) is 5.27. The van der Waals surface area contributed by atoms with E-state index in [1.54, 1.807) is 11.6 Å². The van der Waals surface area contributed by atoms with Gasteiger partial charge in [0.15, 0.2) is 16.8 Å². The first-order chi connectivity index (χ1) is 28.0. The molecule has 0 radical (unpaired) electrons. The van der Waals surface area contributed by atoms with Gasteiger partial charge < -0.3 is 22.1 Å². The number of nitrogens with zero attached hydrogens (tertiary/aromatic N) is 4. The Labute approximate surface area is 337 Å². The van der Waals surface area contributed by atoms with Crippen molar-refractivity contribution in [2.24, 2.45) is 16.5 Å². The zero-order valence-corrected chi connectivity index (χ0v) is 31.6. The topological polar surface area (TPSA) is 222 Å². The van der Waals surface area contributed by atoms with Crippen molar-refractivity contribution in [2.45, 2.75) is 56.8 Å². The number of anilines is 1. The van der Waals surface area contributed by atoms with Crippen LogP contribution in [-0.4, -0.2) is 87.7 Å². The lowest BCUT2D eigenvalue weighted by molar-refractivity contribution is -0.193. The highest BCUT2D eigenvalue weighted by atomic mass is 32.1. The number of nitrogens with two attached hydrogens (primary N) is 2. The van der Waals surface area contributed by atoms with Crippen LogP contribution in [-0.2, 0) is 38.6 Å². The minimum absolute atomic E-state index is 0.0435. The Morgan fingerprint density at radius 3 is 1.88 bits per heavy atom. The molecule has 0 unspecified atom stereocenters. The van der Waals surface area contributed by atoms with E-state index in [-0.39, 0.29) is 29.1 Å². The molecule has 4 aromatic rings. The maximum atomic E-state index is 13.6. The number of ketones is 3. The number of amides is 1. The van der Waals surface area contributed by atoms with Gasteiger partial charge in [-0.15, -0.1) is 11.3 Å². The lowest BCUT2D eigenvalue weighted by atomic mass is 10.1. The standard InChI is InChI=1S/C30H34N8O3S.C4F6O2.C2HF3O/c31-30(32)35-14-7-12-24(26(40)28-34-16-17-42-28)37-25(39)20-38-23(18-22-10-5-2-6-11-22)19-36-27(29(38)41)33-15-13-21-8-3-1-4-9-21;5-3(6,7)1(11)2(12)4(8,9)10;3-2(4,5)1-6/h1-6,8-11,16-17,19,24H,7,12-15,18,20H2,(H,33,36)(H,37,39)(H4,31,32,35);;1H/t24-;;/m0../s1. The first kappa shape index (κ1) is 49.7.